The zero-order chi connectivity index (χ0) is 9.00. The third-order valence-electron chi connectivity index (χ3n) is 0. The van der Waals surface area contributed by atoms with E-state index in [2.05, 4.69) is 0 Å². The van der Waals surface area contributed by atoms with E-state index in [1.165, 1.54) is 0 Å². The van der Waals surface area contributed by atoms with Crippen LogP contribution in [0.2, 0.25) is 0 Å². The first kappa shape index (κ1) is 49.8. The van der Waals surface area contributed by atoms with Gasteiger partial charge in [-0.2, -0.15) is 0 Å². The van der Waals surface area contributed by atoms with Gasteiger partial charge in [-0.3, -0.25) is 0 Å². The van der Waals surface area contributed by atoms with Gasteiger partial charge in [0.2, 0.25) is 0 Å². The molecule has 88 valence electrons. The van der Waals surface area contributed by atoms with Crippen LogP contribution in [0.1, 0.15) is 0 Å². The molecule has 0 aliphatic carbocycles. The van der Waals surface area contributed by atoms with Crippen molar-refractivity contribution in [1.29, 1.82) is 0 Å². The molecule has 0 aromatic heterocycles. The molecule has 16 heteroatoms. The van der Waals surface area contributed by atoms with Crippen molar-refractivity contribution in [2.45, 2.75) is 0 Å². The van der Waals surface area contributed by atoms with E-state index in [-0.39, 0.29) is 130 Å². The van der Waals surface area contributed by atoms with E-state index in [1.54, 1.807) is 0 Å². The van der Waals surface area contributed by atoms with Gasteiger partial charge in [0, 0.05) is 0 Å². The zero-order valence-corrected chi connectivity index (χ0v) is 19.5. The SMILES string of the molecule is O.O.O.[Ca+2].[Ca+2].[Ca+2].[O]=[Sb]([O-])([O-])[O-].[O]=[Sb]([O-])([O-])[O-]. The summed E-state index contributed by atoms with van der Waals surface area (Å²) in [6.45, 7) is 0. The average molecular weight is 546 g/mol. The van der Waals surface area contributed by atoms with Crippen molar-refractivity contribution in [2.24, 2.45) is 0 Å². The summed E-state index contributed by atoms with van der Waals surface area (Å²) in [7, 11) is 0. The average Bonchev–Trinajstić information content (AvgIpc) is 1.12. The summed E-state index contributed by atoms with van der Waals surface area (Å²) in [6.07, 6.45) is 0. The van der Waals surface area contributed by atoms with Crippen LogP contribution in [0.5, 0.6) is 0 Å². The van der Waals surface area contributed by atoms with Crippen molar-refractivity contribution >= 4 is 153 Å². The van der Waals surface area contributed by atoms with Gasteiger partial charge in [0.05, 0.1) is 0 Å². The second-order valence-electron chi connectivity index (χ2n) is 0.894. The Morgan fingerprint density at radius 2 is 0.500 bits per heavy atom. The molecule has 16 heavy (non-hydrogen) atoms. The van der Waals surface area contributed by atoms with Crippen molar-refractivity contribution in [3.63, 3.8) is 0 Å². The van der Waals surface area contributed by atoms with Crippen LogP contribution in [0.4, 0.5) is 0 Å². The minimum absolute atomic E-state index is 0. The van der Waals surface area contributed by atoms with Gasteiger partial charge in [-0.15, -0.1) is 0 Å². The quantitative estimate of drug-likeness (QED) is 0.263. The Balaban J connectivity index is -0.00000000970. The number of hydrogen-bond acceptors (Lipinski definition) is 8. The second kappa shape index (κ2) is 24.7. The van der Waals surface area contributed by atoms with Crippen molar-refractivity contribution in [3.8, 4) is 0 Å². The van der Waals surface area contributed by atoms with E-state index in [0.717, 1.165) is 0 Å². The van der Waals surface area contributed by atoms with Crippen LogP contribution in [0.25, 0.3) is 0 Å². The fourth-order valence-corrected chi connectivity index (χ4v) is 0. The van der Waals surface area contributed by atoms with Crippen molar-refractivity contribution in [1.82, 2.24) is 0 Å². The maximum atomic E-state index is 8.64. The molecule has 0 radical (unpaired) electrons. The van der Waals surface area contributed by atoms with Gasteiger partial charge in [0.1, 0.15) is 0 Å². The third-order valence-corrected chi connectivity index (χ3v) is 0. The van der Waals surface area contributed by atoms with Crippen molar-refractivity contribution in [2.75, 3.05) is 0 Å². The molecular weight excluding hydrogens is 540 g/mol. The molecule has 0 aromatic carbocycles. The first-order valence-corrected chi connectivity index (χ1v) is 9.80. The van der Waals surface area contributed by atoms with E-state index in [4.69, 9.17) is 26.3 Å². The molecule has 0 rings (SSSR count). The van der Waals surface area contributed by atoms with Gasteiger partial charge in [-0.1, -0.05) is 0 Å². The van der Waals surface area contributed by atoms with Gasteiger partial charge < -0.3 is 16.4 Å². The molecule has 0 bridgehead atoms. The Kier molecular flexibility index (Phi) is 76.8. The van der Waals surface area contributed by atoms with Gasteiger partial charge >= 0.3 is 180 Å². The molecule has 0 saturated carbocycles. The molecule has 6 N–H and O–H groups in total. The summed E-state index contributed by atoms with van der Waals surface area (Å²) in [5.74, 6) is 0. The van der Waals surface area contributed by atoms with E-state index in [9.17, 15) is 0 Å². The fraction of sp³-hybridized carbons (Fsp3) is 0. The second-order valence-corrected chi connectivity index (χ2v) is 6.00. The third kappa shape index (κ3) is 268. The maximum absolute atomic E-state index is 8.64. The van der Waals surface area contributed by atoms with Gasteiger partial charge in [-0.05, 0) is 0 Å². The Bertz CT molecular complexity index is 132. The van der Waals surface area contributed by atoms with Crippen LogP contribution in [-0.2, 0) is 6.03 Å². The Hall–Kier alpha value is 4.66. The van der Waals surface area contributed by atoms with Crippen LogP contribution in [0.15, 0.2) is 0 Å². The molecule has 0 unspecified atom stereocenters. The van der Waals surface area contributed by atoms with Gasteiger partial charge in [-0.25, -0.2) is 0 Å². The van der Waals surface area contributed by atoms with Crippen LogP contribution < -0.4 is 20.3 Å². The summed E-state index contributed by atoms with van der Waals surface area (Å²) in [6, 6.07) is 0. The summed E-state index contributed by atoms with van der Waals surface area (Å²) >= 11 is -12.2. The molecule has 11 nitrogen and oxygen atoms in total. The van der Waals surface area contributed by atoms with Crippen LogP contribution >= 0.6 is 0 Å². The summed E-state index contributed by atoms with van der Waals surface area (Å²) in [4.78, 5) is 0. The Labute approximate surface area is 191 Å². The van der Waals surface area contributed by atoms with E-state index < -0.39 is 40.1 Å². The van der Waals surface area contributed by atoms with E-state index >= 15 is 0 Å². The zero-order valence-electron chi connectivity index (χ0n) is 7.78. The predicted octanol–water partition coefficient (Wildman–Crippen LogP) is -11.7. The minimum atomic E-state index is -6.10. The Morgan fingerprint density at radius 1 is 0.500 bits per heavy atom. The fourth-order valence-electron chi connectivity index (χ4n) is 0. The Morgan fingerprint density at radius 3 is 0.500 bits per heavy atom. The molecule has 0 aliphatic rings. The molecule has 0 fully saturated rings. The number of rotatable bonds is 0. The predicted molar refractivity (Wildman–Crippen MR) is 41.0 cm³/mol. The van der Waals surface area contributed by atoms with Crippen LogP contribution in [0, 0.1) is 0 Å². The summed E-state index contributed by atoms with van der Waals surface area (Å²) < 4.78 is 69.1. The first-order valence-electron chi connectivity index (χ1n) is 1.46. The van der Waals surface area contributed by atoms with Crippen LogP contribution in [-0.4, -0.2) is 170 Å². The molecule has 0 spiro atoms. The van der Waals surface area contributed by atoms with E-state index in [0.29, 0.717) is 0 Å². The monoisotopic (exact) mass is 544 g/mol. The van der Waals surface area contributed by atoms with Crippen molar-refractivity contribution < 1.29 is 42.8 Å². The molecular formula is H6Ca3O11Sb2. The van der Waals surface area contributed by atoms with Crippen LogP contribution in [0.3, 0.4) is 0 Å². The molecule has 0 amide bonds. The topological polar surface area (TPSA) is 267 Å². The van der Waals surface area contributed by atoms with Gasteiger partial charge in [0.15, 0.2) is 0 Å². The molecule has 0 atom stereocenters. The number of hydrogen-bond donors (Lipinski definition) is 0. The summed E-state index contributed by atoms with van der Waals surface area (Å²) in [5.41, 5.74) is 0. The summed E-state index contributed by atoms with van der Waals surface area (Å²) in [5, 5.41) is 0. The first-order chi connectivity index (χ1) is 4.00. The standard InChI is InChI=1S/3Ca.3H2O.8O.2Sb/h;;;3*1H2;;;;;;;;;;/q3*+2;;;;;;6*-1;;. The molecule has 0 aliphatic heterocycles. The normalized spacial score (nSPS) is 7.38. The van der Waals surface area contributed by atoms with Crippen molar-refractivity contribution in [3.05, 3.63) is 0 Å². The molecule has 0 saturated heterocycles. The van der Waals surface area contributed by atoms with Gasteiger partial charge in [0.25, 0.3) is 0 Å². The molecule has 0 aromatic rings. The molecule has 0 heterocycles. The van der Waals surface area contributed by atoms with E-state index in [1.807, 2.05) is 0 Å².